The molecule has 0 bridgehead atoms. The van der Waals surface area contributed by atoms with Crippen LogP contribution >= 0.6 is 0 Å². The highest BCUT2D eigenvalue weighted by atomic mass is 16.5. The van der Waals surface area contributed by atoms with Gasteiger partial charge in [-0.05, 0) is 26.3 Å². The number of nitrogens with one attached hydrogen (secondary N) is 1. The molecule has 2 nitrogen and oxygen atoms in total. The molecule has 14 heavy (non-hydrogen) atoms. The molecule has 0 saturated heterocycles. The summed E-state index contributed by atoms with van der Waals surface area (Å²) in [6, 6.07) is 0.540. The highest BCUT2D eigenvalue weighted by Gasteiger charge is 2.38. The maximum Gasteiger partial charge on any atom is 0.0830 e. The monoisotopic (exact) mass is 199 g/mol. The van der Waals surface area contributed by atoms with Gasteiger partial charge in [0.2, 0.25) is 0 Å². The Hall–Kier alpha value is -0.0800. The van der Waals surface area contributed by atoms with Crippen LogP contribution in [0.1, 0.15) is 51.9 Å². The summed E-state index contributed by atoms with van der Waals surface area (Å²) in [6.07, 6.45) is 8.96. The third kappa shape index (κ3) is 2.48. The first-order chi connectivity index (χ1) is 6.79. The molecule has 84 valence electrons. The summed E-state index contributed by atoms with van der Waals surface area (Å²) in [6.45, 7) is 2.25. The summed E-state index contributed by atoms with van der Waals surface area (Å²) >= 11 is 0. The molecule has 1 aliphatic rings. The van der Waals surface area contributed by atoms with E-state index in [1.807, 2.05) is 7.11 Å². The van der Waals surface area contributed by atoms with Gasteiger partial charge in [0.25, 0.3) is 0 Å². The lowest BCUT2D eigenvalue weighted by Gasteiger charge is -2.42. The summed E-state index contributed by atoms with van der Waals surface area (Å²) in [4.78, 5) is 0. The first-order valence-electron chi connectivity index (χ1n) is 6.01. The highest BCUT2D eigenvalue weighted by Crippen LogP contribution is 2.35. The highest BCUT2D eigenvalue weighted by molar-refractivity contribution is 4.94. The number of ether oxygens (including phenoxy) is 1. The van der Waals surface area contributed by atoms with Gasteiger partial charge in [0.15, 0.2) is 0 Å². The van der Waals surface area contributed by atoms with Crippen molar-refractivity contribution in [1.29, 1.82) is 0 Å². The van der Waals surface area contributed by atoms with Crippen LogP contribution in [0, 0.1) is 0 Å². The first-order valence-corrected chi connectivity index (χ1v) is 6.01. The van der Waals surface area contributed by atoms with Crippen LogP contribution in [0.25, 0.3) is 0 Å². The van der Waals surface area contributed by atoms with Crippen LogP contribution in [0.15, 0.2) is 0 Å². The van der Waals surface area contributed by atoms with Gasteiger partial charge in [-0.15, -0.1) is 0 Å². The maximum atomic E-state index is 5.82. The van der Waals surface area contributed by atoms with Gasteiger partial charge >= 0.3 is 0 Å². The number of hydrogen-bond acceptors (Lipinski definition) is 2. The fourth-order valence-corrected chi connectivity index (χ4v) is 2.80. The van der Waals surface area contributed by atoms with Crippen LogP contribution in [0.3, 0.4) is 0 Å². The predicted molar refractivity (Wildman–Crippen MR) is 60.6 cm³/mol. The molecule has 0 heterocycles. The second-order valence-electron chi connectivity index (χ2n) is 4.46. The molecule has 0 radical (unpaired) electrons. The molecule has 1 N–H and O–H groups in total. The summed E-state index contributed by atoms with van der Waals surface area (Å²) in [5.74, 6) is 0. The van der Waals surface area contributed by atoms with Crippen LogP contribution in [0.4, 0.5) is 0 Å². The van der Waals surface area contributed by atoms with Crippen molar-refractivity contribution in [3.63, 3.8) is 0 Å². The van der Waals surface area contributed by atoms with Gasteiger partial charge in [-0.2, -0.15) is 0 Å². The van der Waals surface area contributed by atoms with Crippen LogP contribution in [0.2, 0.25) is 0 Å². The Labute approximate surface area is 88.4 Å². The van der Waals surface area contributed by atoms with Gasteiger partial charge in [0, 0.05) is 13.2 Å². The average molecular weight is 199 g/mol. The third-order valence-corrected chi connectivity index (χ3v) is 3.67. The molecular formula is C12H25NO. The van der Waals surface area contributed by atoms with Crippen LogP contribution in [-0.4, -0.2) is 25.8 Å². The molecule has 0 amide bonds. The van der Waals surface area contributed by atoms with Crippen molar-refractivity contribution in [2.75, 3.05) is 14.2 Å². The van der Waals surface area contributed by atoms with Gasteiger partial charge in [-0.1, -0.05) is 32.6 Å². The first kappa shape index (κ1) is 12.0. The molecule has 1 atom stereocenters. The summed E-state index contributed by atoms with van der Waals surface area (Å²) in [5.41, 5.74) is 0.128. The second kappa shape index (κ2) is 5.72. The number of hydrogen-bond donors (Lipinski definition) is 1. The topological polar surface area (TPSA) is 21.3 Å². The Kier molecular flexibility index (Phi) is 4.90. The smallest absolute Gasteiger partial charge is 0.0830 e. The molecule has 0 spiro atoms. The predicted octanol–water partition coefficient (Wildman–Crippen LogP) is 2.72. The number of methoxy groups -OCH3 is 1. The molecule has 2 heteroatoms. The zero-order valence-electron chi connectivity index (χ0n) is 9.94. The lowest BCUT2D eigenvalue weighted by Crippen LogP contribution is -2.52. The molecule has 1 rings (SSSR count). The summed E-state index contributed by atoms with van der Waals surface area (Å²) < 4.78 is 5.82. The molecule has 1 fully saturated rings. The molecule has 1 saturated carbocycles. The number of likely N-dealkylation sites (N-methyl/N-ethyl adjacent to an activating group) is 1. The van der Waals surface area contributed by atoms with Gasteiger partial charge in [-0.3, -0.25) is 0 Å². The Balaban J connectivity index is 2.63. The molecule has 0 aromatic rings. The zero-order valence-corrected chi connectivity index (χ0v) is 9.94. The van der Waals surface area contributed by atoms with Crippen molar-refractivity contribution < 1.29 is 4.74 Å². The fourth-order valence-electron chi connectivity index (χ4n) is 2.80. The fraction of sp³-hybridized carbons (Fsp3) is 1.00. The van der Waals surface area contributed by atoms with E-state index in [4.69, 9.17) is 4.74 Å². The summed E-state index contributed by atoms with van der Waals surface area (Å²) in [7, 11) is 3.95. The van der Waals surface area contributed by atoms with Crippen molar-refractivity contribution in [3.05, 3.63) is 0 Å². The van der Waals surface area contributed by atoms with Gasteiger partial charge in [0.1, 0.15) is 0 Å². The van der Waals surface area contributed by atoms with Crippen molar-refractivity contribution in [2.24, 2.45) is 0 Å². The lowest BCUT2D eigenvalue weighted by molar-refractivity contribution is -0.0677. The molecule has 1 aliphatic carbocycles. The normalized spacial score (nSPS) is 23.4. The van der Waals surface area contributed by atoms with E-state index in [0.717, 1.165) is 0 Å². The maximum absolute atomic E-state index is 5.82. The van der Waals surface area contributed by atoms with Gasteiger partial charge in [-0.25, -0.2) is 0 Å². The summed E-state index contributed by atoms with van der Waals surface area (Å²) in [5, 5.41) is 3.44. The van der Waals surface area contributed by atoms with E-state index in [0.29, 0.717) is 6.04 Å². The molecular weight excluding hydrogens is 174 g/mol. The largest absolute Gasteiger partial charge is 0.377 e. The Morgan fingerprint density at radius 2 is 1.93 bits per heavy atom. The van der Waals surface area contributed by atoms with E-state index in [9.17, 15) is 0 Å². The van der Waals surface area contributed by atoms with Crippen molar-refractivity contribution in [1.82, 2.24) is 5.32 Å². The third-order valence-electron chi connectivity index (χ3n) is 3.67. The quantitative estimate of drug-likeness (QED) is 0.735. The van der Waals surface area contributed by atoms with Crippen molar-refractivity contribution >= 4 is 0 Å². The molecule has 1 unspecified atom stereocenters. The number of rotatable bonds is 5. The minimum Gasteiger partial charge on any atom is -0.377 e. The standard InChI is InChI=1S/C12H25NO/c1-4-8-11(13-2)12(14-3)9-6-5-7-10-12/h11,13H,4-10H2,1-3H3. The Morgan fingerprint density at radius 3 is 2.36 bits per heavy atom. The van der Waals surface area contributed by atoms with E-state index in [1.165, 1.54) is 44.9 Å². The SMILES string of the molecule is CCCC(NC)C1(OC)CCCCC1. The Morgan fingerprint density at radius 1 is 1.29 bits per heavy atom. The van der Waals surface area contributed by atoms with E-state index in [-0.39, 0.29) is 5.60 Å². The van der Waals surface area contributed by atoms with Crippen LogP contribution in [0.5, 0.6) is 0 Å². The van der Waals surface area contributed by atoms with Crippen molar-refractivity contribution in [2.45, 2.75) is 63.5 Å². The molecule has 0 aliphatic heterocycles. The van der Waals surface area contributed by atoms with Crippen molar-refractivity contribution in [3.8, 4) is 0 Å². The van der Waals surface area contributed by atoms with Crippen LogP contribution < -0.4 is 5.32 Å². The minimum atomic E-state index is 0.128. The molecule has 0 aromatic carbocycles. The Bertz CT molecular complexity index is 152. The van der Waals surface area contributed by atoms with Crippen LogP contribution in [-0.2, 0) is 4.74 Å². The second-order valence-corrected chi connectivity index (χ2v) is 4.46. The minimum absolute atomic E-state index is 0.128. The van der Waals surface area contributed by atoms with Gasteiger partial charge < -0.3 is 10.1 Å². The van der Waals surface area contributed by atoms with E-state index < -0.39 is 0 Å². The average Bonchev–Trinajstić information content (AvgIpc) is 2.27. The lowest BCUT2D eigenvalue weighted by atomic mass is 9.77. The zero-order chi connectivity index (χ0) is 10.4. The molecule has 0 aromatic heterocycles. The van der Waals surface area contributed by atoms with E-state index in [2.05, 4.69) is 19.3 Å². The van der Waals surface area contributed by atoms with Gasteiger partial charge in [0.05, 0.1) is 5.60 Å². The van der Waals surface area contributed by atoms with E-state index in [1.54, 1.807) is 0 Å². The van der Waals surface area contributed by atoms with E-state index >= 15 is 0 Å².